The molecule has 1 atom stereocenters. The van der Waals surface area contributed by atoms with E-state index in [4.69, 9.17) is 11.6 Å². The quantitative estimate of drug-likeness (QED) is 0.713. The van der Waals surface area contributed by atoms with Crippen LogP contribution in [0.3, 0.4) is 0 Å². The lowest BCUT2D eigenvalue weighted by Gasteiger charge is -2.31. The molecule has 2 aromatic carbocycles. The molecular formula is C24H29ClN2O2. The highest BCUT2D eigenvalue weighted by molar-refractivity contribution is 6.31. The van der Waals surface area contributed by atoms with Crippen LogP contribution in [0.4, 0.5) is 0 Å². The maximum Gasteiger partial charge on any atom is 0.242 e. The lowest BCUT2D eigenvalue weighted by Crippen LogP contribution is -2.50. The van der Waals surface area contributed by atoms with Crippen LogP contribution in [0.15, 0.2) is 54.6 Å². The van der Waals surface area contributed by atoms with E-state index in [0.29, 0.717) is 11.6 Å². The Morgan fingerprint density at radius 2 is 1.69 bits per heavy atom. The summed E-state index contributed by atoms with van der Waals surface area (Å²) < 4.78 is 0. The van der Waals surface area contributed by atoms with Crippen molar-refractivity contribution in [3.05, 3.63) is 70.7 Å². The number of nitrogens with zero attached hydrogens (tertiary/aromatic N) is 1. The number of nitrogens with one attached hydrogen (secondary N) is 1. The van der Waals surface area contributed by atoms with Crippen molar-refractivity contribution in [2.75, 3.05) is 0 Å². The summed E-state index contributed by atoms with van der Waals surface area (Å²) in [5.74, 6) is -0.186. The van der Waals surface area contributed by atoms with Gasteiger partial charge in [-0.3, -0.25) is 9.59 Å². The van der Waals surface area contributed by atoms with Crippen LogP contribution >= 0.6 is 11.6 Å². The summed E-state index contributed by atoms with van der Waals surface area (Å²) in [5.41, 5.74) is 1.77. The smallest absolute Gasteiger partial charge is 0.242 e. The van der Waals surface area contributed by atoms with E-state index in [1.165, 1.54) is 6.42 Å². The second-order valence-corrected chi connectivity index (χ2v) is 8.20. The Morgan fingerprint density at radius 1 is 1.03 bits per heavy atom. The van der Waals surface area contributed by atoms with Crippen molar-refractivity contribution in [3.8, 4) is 0 Å². The van der Waals surface area contributed by atoms with E-state index in [9.17, 15) is 9.59 Å². The van der Waals surface area contributed by atoms with Crippen LogP contribution in [0.25, 0.3) is 0 Å². The largest absolute Gasteiger partial charge is 0.352 e. The summed E-state index contributed by atoms with van der Waals surface area (Å²) in [6, 6.07) is 16.8. The van der Waals surface area contributed by atoms with E-state index < -0.39 is 6.04 Å². The molecule has 0 bridgehead atoms. The van der Waals surface area contributed by atoms with Gasteiger partial charge in [0.05, 0.1) is 6.42 Å². The molecule has 29 heavy (non-hydrogen) atoms. The average Bonchev–Trinajstić information content (AvgIpc) is 2.74. The predicted octanol–water partition coefficient (Wildman–Crippen LogP) is 4.75. The molecule has 0 spiro atoms. The van der Waals surface area contributed by atoms with Crippen molar-refractivity contribution in [3.63, 3.8) is 0 Å². The van der Waals surface area contributed by atoms with E-state index >= 15 is 0 Å². The predicted molar refractivity (Wildman–Crippen MR) is 117 cm³/mol. The molecular weight excluding hydrogens is 384 g/mol. The Hall–Kier alpha value is -2.33. The van der Waals surface area contributed by atoms with Gasteiger partial charge in [-0.1, -0.05) is 79.4 Å². The van der Waals surface area contributed by atoms with Gasteiger partial charge in [0.25, 0.3) is 0 Å². The molecule has 1 aliphatic rings. The van der Waals surface area contributed by atoms with Gasteiger partial charge >= 0.3 is 0 Å². The average molecular weight is 413 g/mol. The molecule has 1 saturated carbocycles. The molecule has 0 aliphatic heterocycles. The molecule has 154 valence electrons. The first-order valence-corrected chi connectivity index (χ1v) is 10.8. The normalized spacial score (nSPS) is 15.5. The Labute approximate surface area is 178 Å². The number of carbonyl (C=O) groups excluding carboxylic acids is 2. The van der Waals surface area contributed by atoms with Crippen molar-refractivity contribution in [2.45, 2.75) is 64.1 Å². The summed E-state index contributed by atoms with van der Waals surface area (Å²) in [7, 11) is 0. The fourth-order valence-corrected chi connectivity index (χ4v) is 4.04. The zero-order valence-electron chi connectivity index (χ0n) is 16.9. The Bertz CT molecular complexity index is 819. The van der Waals surface area contributed by atoms with Gasteiger partial charge in [-0.05, 0) is 37.0 Å². The standard InChI is InChI=1S/C24H29ClN2O2/c1-18(24(29)26-21-13-6-3-7-14-21)27(17-19-10-4-2-5-11-19)23(28)16-20-12-8-9-15-22(20)25/h2,4-5,8-12,15,18,21H,3,6-7,13-14,16-17H2,1H3,(H,26,29)/t18-/m1/s1. The molecule has 0 aromatic heterocycles. The number of hydrogen-bond donors (Lipinski definition) is 1. The van der Waals surface area contributed by atoms with Gasteiger partial charge in [0.1, 0.15) is 6.04 Å². The molecule has 4 nitrogen and oxygen atoms in total. The van der Waals surface area contributed by atoms with Crippen molar-refractivity contribution in [1.29, 1.82) is 0 Å². The third-order valence-electron chi connectivity index (χ3n) is 5.61. The molecule has 2 amide bonds. The van der Waals surface area contributed by atoms with Crippen molar-refractivity contribution >= 4 is 23.4 Å². The molecule has 3 rings (SSSR count). The Morgan fingerprint density at radius 3 is 2.38 bits per heavy atom. The van der Waals surface area contributed by atoms with Gasteiger partial charge in [0.2, 0.25) is 11.8 Å². The first kappa shape index (κ1) is 21.4. The van der Waals surface area contributed by atoms with Crippen LogP contribution in [0.2, 0.25) is 5.02 Å². The summed E-state index contributed by atoms with van der Waals surface area (Å²) in [4.78, 5) is 27.8. The number of rotatable bonds is 7. The van der Waals surface area contributed by atoms with Crippen LogP contribution in [0.5, 0.6) is 0 Å². The topological polar surface area (TPSA) is 49.4 Å². The number of benzene rings is 2. The first-order chi connectivity index (χ1) is 14.0. The molecule has 0 heterocycles. The van der Waals surface area contributed by atoms with Crippen molar-refractivity contribution in [2.24, 2.45) is 0 Å². The molecule has 1 aliphatic carbocycles. The number of hydrogen-bond acceptors (Lipinski definition) is 2. The molecule has 0 unspecified atom stereocenters. The fourth-order valence-electron chi connectivity index (χ4n) is 3.84. The van der Waals surface area contributed by atoms with Crippen LogP contribution in [-0.4, -0.2) is 28.8 Å². The molecule has 0 radical (unpaired) electrons. The van der Waals surface area contributed by atoms with Gasteiger partial charge < -0.3 is 10.2 Å². The van der Waals surface area contributed by atoms with Gasteiger partial charge in [-0.25, -0.2) is 0 Å². The van der Waals surface area contributed by atoms with Crippen molar-refractivity contribution < 1.29 is 9.59 Å². The van der Waals surface area contributed by atoms with Gasteiger partial charge in [-0.2, -0.15) is 0 Å². The van der Waals surface area contributed by atoms with Gasteiger partial charge in [0, 0.05) is 17.6 Å². The van der Waals surface area contributed by atoms with E-state index in [1.807, 2.05) is 55.5 Å². The summed E-state index contributed by atoms with van der Waals surface area (Å²) in [6.07, 6.45) is 5.75. The van der Waals surface area contributed by atoms with Crippen LogP contribution in [-0.2, 0) is 22.6 Å². The summed E-state index contributed by atoms with van der Waals surface area (Å²) in [6.45, 7) is 2.20. The highest BCUT2D eigenvalue weighted by Crippen LogP contribution is 2.20. The Kier molecular flexibility index (Phi) is 7.70. The van der Waals surface area contributed by atoms with Crippen LogP contribution < -0.4 is 5.32 Å². The summed E-state index contributed by atoms with van der Waals surface area (Å²) in [5, 5.41) is 3.73. The van der Waals surface area contributed by atoms with E-state index in [0.717, 1.165) is 36.8 Å². The number of carbonyl (C=O) groups is 2. The highest BCUT2D eigenvalue weighted by Gasteiger charge is 2.28. The van der Waals surface area contributed by atoms with Gasteiger partial charge in [0.15, 0.2) is 0 Å². The lowest BCUT2D eigenvalue weighted by molar-refractivity contribution is -0.140. The maximum atomic E-state index is 13.2. The molecule has 1 N–H and O–H groups in total. The zero-order valence-corrected chi connectivity index (χ0v) is 17.7. The Balaban J connectivity index is 1.75. The van der Waals surface area contributed by atoms with Gasteiger partial charge in [-0.15, -0.1) is 0 Å². The fraction of sp³-hybridized carbons (Fsp3) is 0.417. The molecule has 2 aromatic rings. The number of halogens is 1. The van der Waals surface area contributed by atoms with Crippen molar-refractivity contribution in [1.82, 2.24) is 10.2 Å². The summed E-state index contributed by atoms with van der Waals surface area (Å²) >= 11 is 6.25. The minimum Gasteiger partial charge on any atom is -0.352 e. The zero-order chi connectivity index (χ0) is 20.6. The van der Waals surface area contributed by atoms with E-state index in [1.54, 1.807) is 11.0 Å². The number of amides is 2. The van der Waals surface area contributed by atoms with Crippen LogP contribution in [0.1, 0.15) is 50.2 Å². The maximum absolute atomic E-state index is 13.2. The minimum atomic E-state index is -0.549. The lowest BCUT2D eigenvalue weighted by atomic mass is 9.95. The second-order valence-electron chi connectivity index (χ2n) is 7.79. The highest BCUT2D eigenvalue weighted by atomic mass is 35.5. The molecule has 1 fully saturated rings. The SMILES string of the molecule is C[C@H](C(=O)NC1CCCCC1)N(Cc1ccccc1)C(=O)Cc1ccccc1Cl. The third-order valence-corrected chi connectivity index (χ3v) is 5.98. The third kappa shape index (κ3) is 6.07. The van der Waals surface area contributed by atoms with Crippen LogP contribution in [0, 0.1) is 0 Å². The minimum absolute atomic E-state index is 0.0830. The second kappa shape index (κ2) is 10.4. The monoisotopic (exact) mass is 412 g/mol. The first-order valence-electron chi connectivity index (χ1n) is 10.4. The van der Waals surface area contributed by atoms with E-state index in [-0.39, 0.29) is 24.3 Å². The van der Waals surface area contributed by atoms with E-state index in [2.05, 4.69) is 5.32 Å². The molecule has 0 saturated heterocycles. The molecule has 5 heteroatoms.